The molecule has 0 saturated heterocycles. The molecule has 0 radical (unpaired) electrons. The number of aromatic nitrogens is 4. The normalized spacial score (nSPS) is 12.7. The molecule has 0 bridgehead atoms. The molecular formula is C25H22N6O3S. The van der Waals surface area contributed by atoms with Crippen LogP contribution in [0.4, 0.5) is 11.4 Å². The molecule has 10 heteroatoms. The lowest BCUT2D eigenvalue weighted by Gasteiger charge is -2.29. The van der Waals surface area contributed by atoms with Gasteiger partial charge in [-0.05, 0) is 55.5 Å². The Kier molecular flexibility index (Phi) is 6.44. The van der Waals surface area contributed by atoms with E-state index in [0.717, 1.165) is 17.0 Å². The average Bonchev–Trinajstić information content (AvgIpc) is 3.32. The molecule has 0 saturated carbocycles. The summed E-state index contributed by atoms with van der Waals surface area (Å²) in [6, 6.07) is 18.6. The van der Waals surface area contributed by atoms with Gasteiger partial charge in [-0.3, -0.25) is 19.1 Å². The molecule has 9 nitrogen and oxygen atoms in total. The lowest BCUT2D eigenvalue weighted by Crippen LogP contribution is -2.43. The second-order valence-electron chi connectivity index (χ2n) is 7.64. The number of thioether (sulfide) groups is 1. The molecular weight excluding hydrogens is 464 g/mol. The Morgan fingerprint density at radius 3 is 2.69 bits per heavy atom. The third-order valence-electron chi connectivity index (χ3n) is 5.36. The number of benzene rings is 2. The van der Waals surface area contributed by atoms with Gasteiger partial charge >= 0.3 is 0 Å². The van der Waals surface area contributed by atoms with Gasteiger partial charge in [0, 0.05) is 23.6 Å². The number of fused-ring (bicyclic) bond motifs is 1. The van der Waals surface area contributed by atoms with Crippen LogP contribution in [-0.2, 0) is 9.59 Å². The van der Waals surface area contributed by atoms with E-state index in [-0.39, 0.29) is 24.1 Å². The van der Waals surface area contributed by atoms with Crippen molar-refractivity contribution < 1.29 is 14.3 Å². The Balaban J connectivity index is 1.44. The SMILES string of the molecule is CCOc1ccc(-n2c(SCC(=O)N3CC(=O)Nc4ccccc43)nnc2-c2cccnc2)cc1. The average molecular weight is 487 g/mol. The fourth-order valence-electron chi connectivity index (χ4n) is 3.80. The second-order valence-corrected chi connectivity index (χ2v) is 8.59. The largest absolute Gasteiger partial charge is 0.494 e. The summed E-state index contributed by atoms with van der Waals surface area (Å²) in [4.78, 5) is 31.0. The standard InChI is InChI=1S/C25H22N6O3S/c1-2-34-19-11-9-18(10-12-19)31-24(17-6-5-13-26-14-17)28-29-25(31)35-16-23(33)30-15-22(32)27-20-7-3-4-8-21(20)30/h3-14H,2,15-16H2,1H3,(H,27,32). The summed E-state index contributed by atoms with van der Waals surface area (Å²) < 4.78 is 7.46. The number of anilines is 2. The van der Waals surface area contributed by atoms with Crippen molar-refractivity contribution >= 4 is 35.0 Å². The van der Waals surface area contributed by atoms with Crippen LogP contribution in [-0.4, -0.2) is 50.5 Å². The molecule has 0 fully saturated rings. The van der Waals surface area contributed by atoms with E-state index < -0.39 is 0 Å². The summed E-state index contributed by atoms with van der Waals surface area (Å²) in [5.74, 6) is 1.04. The van der Waals surface area contributed by atoms with Crippen LogP contribution in [0.3, 0.4) is 0 Å². The molecule has 0 unspecified atom stereocenters. The van der Waals surface area contributed by atoms with Crippen molar-refractivity contribution in [2.24, 2.45) is 0 Å². The van der Waals surface area contributed by atoms with Crippen molar-refractivity contribution in [3.05, 3.63) is 73.1 Å². The lowest BCUT2D eigenvalue weighted by molar-refractivity contribution is -0.120. The molecule has 0 aliphatic carbocycles. The highest BCUT2D eigenvalue weighted by molar-refractivity contribution is 7.99. The van der Waals surface area contributed by atoms with Crippen LogP contribution in [0.5, 0.6) is 5.75 Å². The number of rotatable bonds is 7. The zero-order valence-corrected chi connectivity index (χ0v) is 19.7. The van der Waals surface area contributed by atoms with E-state index >= 15 is 0 Å². The van der Waals surface area contributed by atoms with E-state index in [2.05, 4.69) is 20.5 Å². The molecule has 176 valence electrons. The molecule has 3 heterocycles. The van der Waals surface area contributed by atoms with Crippen molar-refractivity contribution in [3.8, 4) is 22.8 Å². The first-order valence-electron chi connectivity index (χ1n) is 11.0. The number of ether oxygens (including phenoxy) is 1. The van der Waals surface area contributed by atoms with Crippen molar-refractivity contribution in [1.29, 1.82) is 0 Å². The predicted molar refractivity (Wildman–Crippen MR) is 134 cm³/mol. The van der Waals surface area contributed by atoms with Crippen LogP contribution in [0.25, 0.3) is 17.1 Å². The molecule has 5 rings (SSSR count). The van der Waals surface area contributed by atoms with E-state index in [1.165, 1.54) is 16.7 Å². The van der Waals surface area contributed by atoms with Crippen LogP contribution in [0.1, 0.15) is 6.92 Å². The Morgan fingerprint density at radius 1 is 1.09 bits per heavy atom. The maximum absolute atomic E-state index is 13.2. The van der Waals surface area contributed by atoms with Gasteiger partial charge in [-0.2, -0.15) is 0 Å². The first-order chi connectivity index (χ1) is 17.1. The molecule has 1 aliphatic heterocycles. The quantitative estimate of drug-likeness (QED) is 0.396. The summed E-state index contributed by atoms with van der Waals surface area (Å²) in [5.41, 5.74) is 2.93. The fraction of sp³-hybridized carbons (Fsp3) is 0.160. The molecule has 0 atom stereocenters. The Morgan fingerprint density at radius 2 is 1.91 bits per heavy atom. The molecule has 1 aliphatic rings. The highest BCUT2D eigenvalue weighted by atomic mass is 32.2. The van der Waals surface area contributed by atoms with E-state index in [1.54, 1.807) is 18.5 Å². The maximum atomic E-state index is 13.2. The summed E-state index contributed by atoms with van der Waals surface area (Å²) in [6.45, 7) is 2.49. The molecule has 4 aromatic rings. The highest BCUT2D eigenvalue weighted by Gasteiger charge is 2.27. The Labute approximate surface area is 206 Å². The smallest absolute Gasteiger partial charge is 0.244 e. The van der Waals surface area contributed by atoms with Crippen molar-refractivity contribution in [1.82, 2.24) is 19.7 Å². The van der Waals surface area contributed by atoms with Gasteiger partial charge in [-0.15, -0.1) is 10.2 Å². The van der Waals surface area contributed by atoms with Gasteiger partial charge in [0.15, 0.2) is 11.0 Å². The molecule has 1 N–H and O–H groups in total. The van der Waals surface area contributed by atoms with Gasteiger partial charge in [-0.1, -0.05) is 23.9 Å². The van der Waals surface area contributed by atoms with Gasteiger partial charge in [0.05, 0.1) is 23.7 Å². The number of carbonyl (C=O) groups excluding carboxylic acids is 2. The van der Waals surface area contributed by atoms with Crippen molar-refractivity contribution in [3.63, 3.8) is 0 Å². The molecule has 2 aromatic heterocycles. The number of nitrogens with zero attached hydrogens (tertiary/aromatic N) is 5. The third kappa shape index (κ3) is 4.73. The van der Waals surface area contributed by atoms with Crippen molar-refractivity contribution in [2.75, 3.05) is 29.1 Å². The minimum Gasteiger partial charge on any atom is -0.494 e. The van der Waals surface area contributed by atoms with Gasteiger partial charge in [-0.25, -0.2) is 0 Å². The first kappa shape index (κ1) is 22.6. The van der Waals surface area contributed by atoms with Gasteiger partial charge in [0.1, 0.15) is 12.3 Å². The zero-order valence-electron chi connectivity index (χ0n) is 18.9. The molecule has 35 heavy (non-hydrogen) atoms. The van der Waals surface area contributed by atoms with E-state index in [4.69, 9.17) is 4.74 Å². The Hall–Kier alpha value is -4.18. The number of amides is 2. The van der Waals surface area contributed by atoms with E-state index in [1.807, 2.05) is 66.1 Å². The van der Waals surface area contributed by atoms with Crippen molar-refractivity contribution in [2.45, 2.75) is 12.1 Å². The minimum atomic E-state index is -0.224. The molecule has 0 spiro atoms. The second kappa shape index (κ2) is 9.98. The molecule has 2 aromatic carbocycles. The number of hydrogen-bond donors (Lipinski definition) is 1. The number of nitrogens with one attached hydrogen (secondary N) is 1. The number of hydrogen-bond acceptors (Lipinski definition) is 7. The van der Waals surface area contributed by atoms with Crippen LogP contribution >= 0.6 is 11.8 Å². The van der Waals surface area contributed by atoms with Crippen LogP contribution < -0.4 is 15.0 Å². The predicted octanol–water partition coefficient (Wildman–Crippen LogP) is 3.81. The van der Waals surface area contributed by atoms with Gasteiger partial charge in [0.2, 0.25) is 11.8 Å². The summed E-state index contributed by atoms with van der Waals surface area (Å²) in [5, 5.41) is 12.1. The highest BCUT2D eigenvalue weighted by Crippen LogP contribution is 2.32. The monoisotopic (exact) mass is 486 g/mol. The Bertz CT molecular complexity index is 1360. The molecule has 2 amide bonds. The maximum Gasteiger partial charge on any atom is 0.244 e. The van der Waals surface area contributed by atoms with Crippen LogP contribution in [0.15, 0.2) is 78.2 Å². The van der Waals surface area contributed by atoms with Crippen LogP contribution in [0, 0.1) is 0 Å². The van der Waals surface area contributed by atoms with Crippen LogP contribution in [0.2, 0.25) is 0 Å². The lowest BCUT2D eigenvalue weighted by atomic mass is 10.2. The number of pyridine rings is 1. The summed E-state index contributed by atoms with van der Waals surface area (Å²) in [7, 11) is 0. The fourth-order valence-corrected chi connectivity index (χ4v) is 4.62. The number of carbonyl (C=O) groups is 2. The summed E-state index contributed by atoms with van der Waals surface area (Å²) >= 11 is 1.26. The van der Waals surface area contributed by atoms with E-state index in [9.17, 15) is 9.59 Å². The zero-order chi connectivity index (χ0) is 24.2. The third-order valence-corrected chi connectivity index (χ3v) is 6.27. The number of para-hydroxylation sites is 2. The minimum absolute atomic E-state index is 0.0249. The first-order valence-corrected chi connectivity index (χ1v) is 12.0. The van der Waals surface area contributed by atoms with Gasteiger partial charge < -0.3 is 15.0 Å². The van der Waals surface area contributed by atoms with Gasteiger partial charge in [0.25, 0.3) is 0 Å². The summed E-state index contributed by atoms with van der Waals surface area (Å²) in [6.07, 6.45) is 3.42. The van der Waals surface area contributed by atoms with E-state index in [0.29, 0.717) is 29.0 Å². The topological polar surface area (TPSA) is 102 Å².